The molecule has 2 heterocycles. The lowest BCUT2D eigenvalue weighted by Gasteiger charge is -2.06. The molecule has 0 fully saturated rings. The van der Waals surface area contributed by atoms with Crippen molar-refractivity contribution < 1.29 is 0 Å². The predicted molar refractivity (Wildman–Crippen MR) is 112 cm³/mol. The van der Waals surface area contributed by atoms with Crippen molar-refractivity contribution in [2.24, 2.45) is 7.05 Å². The van der Waals surface area contributed by atoms with E-state index in [-0.39, 0.29) is 0 Å². The van der Waals surface area contributed by atoms with E-state index in [9.17, 15) is 0 Å². The van der Waals surface area contributed by atoms with Crippen molar-refractivity contribution >= 4 is 0 Å². The average molecular weight is 371 g/mol. The standard InChI is InChI=1S/C23H25N5/c1-17-22(18(2)27(3)25-17)15-24-14-20-16-28(21-12-8-5-9-13-21)26-23(20)19-10-6-4-7-11-19/h4-13,16,24H,14-15H2,1-3H3. The molecule has 0 amide bonds. The third-order valence-electron chi connectivity index (χ3n) is 5.13. The molecule has 2 aromatic carbocycles. The van der Waals surface area contributed by atoms with Crippen LogP contribution in [0.4, 0.5) is 0 Å². The number of rotatable bonds is 6. The minimum atomic E-state index is 0.741. The summed E-state index contributed by atoms with van der Waals surface area (Å²) in [5.41, 5.74) is 7.92. The van der Waals surface area contributed by atoms with Crippen LogP contribution in [0.1, 0.15) is 22.5 Å². The lowest BCUT2D eigenvalue weighted by molar-refractivity contribution is 0.684. The van der Waals surface area contributed by atoms with Crippen LogP contribution < -0.4 is 5.32 Å². The van der Waals surface area contributed by atoms with Crippen LogP contribution in [0.3, 0.4) is 0 Å². The summed E-state index contributed by atoms with van der Waals surface area (Å²) in [6.07, 6.45) is 2.12. The van der Waals surface area contributed by atoms with E-state index < -0.39 is 0 Å². The first-order valence-corrected chi connectivity index (χ1v) is 9.52. The van der Waals surface area contributed by atoms with E-state index >= 15 is 0 Å². The predicted octanol–water partition coefficient (Wildman–Crippen LogP) is 4.18. The van der Waals surface area contributed by atoms with E-state index in [4.69, 9.17) is 5.10 Å². The van der Waals surface area contributed by atoms with Gasteiger partial charge in [0.15, 0.2) is 0 Å². The van der Waals surface area contributed by atoms with Crippen molar-refractivity contribution in [2.45, 2.75) is 26.9 Å². The molecular weight excluding hydrogens is 346 g/mol. The van der Waals surface area contributed by atoms with Crippen LogP contribution in [-0.2, 0) is 20.1 Å². The van der Waals surface area contributed by atoms with Crippen LogP contribution in [0.15, 0.2) is 66.9 Å². The summed E-state index contributed by atoms with van der Waals surface area (Å²) in [5.74, 6) is 0. The Kier molecular flexibility index (Phi) is 5.08. The number of aryl methyl sites for hydroxylation is 2. The highest BCUT2D eigenvalue weighted by Crippen LogP contribution is 2.24. The van der Waals surface area contributed by atoms with Gasteiger partial charge in [-0.05, 0) is 26.0 Å². The molecule has 0 radical (unpaired) electrons. The highest BCUT2D eigenvalue weighted by Gasteiger charge is 2.13. The number of hydrogen-bond donors (Lipinski definition) is 1. The molecule has 2 aromatic heterocycles. The third-order valence-corrected chi connectivity index (χ3v) is 5.13. The Labute approximate surface area is 165 Å². The molecule has 0 saturated carbocycles. The topological polar surface area (TPSA) is 47.7 Å². The molecule has 5 heteroatoms. The largest absolute Gasteiger partial charge is 0.308 e. The summed E-state index contributed by atoms with van der Waals surface area (Å²) in [5, 5.41) is 13.0. The first kappa shape index (κ1) is 18.2. The average Bonchev–Trinajstić information content (AvgIpc) is 3.25. The molecule has 0 spiro atoms. The number of benzene rings is 2. The van der Waals surface area contributed by atoms with Gasteiger partial charge in [0.05, 0.1) is 17.1 Å². The maximum absolute atomic E-state index is 4.88. The van der Waals surface area contributed by atoms with Gasteiger partial charge < -0.3 is 5.32 Å². The van der Waals surface area contributed by atoms with Gasteiger partial charge >= 0.3 is 0 Å². The van der Waals surface area contributed by atoms with E-state index in [1.165, 1.54) is 16.8 Å². The zero-order valence-corrected chi connectivity index (χ0v) is 16.6. The Hall–Kier alpha value is -3.18. The fraction of sp³-hybridized carbons (Fsp3) is 0.217. The van der Waals surface area contributed by atoms with Crippen LogP contribution in [0.25, 0.3) is 16.9 Å². The first-order chi connectivity index (χ1) is 13.6. The SMILES string of the molecule is Cc1nn(C)c(C)c1CNCc1cn(-c2ccccc2)nc1-c1ccccc1. The summed E-state index contributed by atoms with van der Waals surface area (Å²) < 4.78 is 3.90. The molecule has 0 aliphatic rings. The van der Waals surface area contributed by atoms with Crippen molar-refractivity contribution in [3.8, 4) is 16.9 Å². The second kappa shape index (κ2) is 7.82. The molecule has 0 aliphatic carbocycles. The van der Waals surface area contributed by atoms with Gasteiger partial charge in [0.1, 0.15) is 0 Å². The van der Waals surface area contributed by atoms with Crippen molar-refractivity contribution in [1.82, 2.24) is 24.9 Å². The quantitative estimate of drug-likeness (QED) is 0.553. The van der Waals surface area contributed by atoms with Gasteiger partial charge in [-0.1, -0.05) is 48.5 Å². The number of nitrogens with one attached hydrogen (secondary N) is 1. The molecule has 0 saturated heterocycles. The smallest absolute Gasteiger partial charge is 0.0972 e. The van der Waals surface area contributed by atoms with Crippen molar-refractivity contribution in [3.05, 3.63) is 89.4 Å². The van der Waals surface area contributed by atoms with Crippen LogP contribution in [0, 0.1) is 13.8 Å². The van der Waals surface area contributed by atoms with Crippen LogP contribution >= 0.6 is 0 Å². The molecular formula is C23H25N5. The zero-order valence-electron chi connectivity index (χ0n) is 16.6. The van der Waals surface area contributed by atoms with Gasteiger partial charge in [-0.25, -0.2) is 4.68 Å². The van der Waals surface area contributed by atoms with Crippen molar-refractivity contribution in [2.75, 3.05) is 0 Å². The van der Waals surface area contributed by atoms with Gasteiger partial charge in [0.25, 0.3) is 0 Å². The van der Waals surface area contributed by atoms with Crippen LogP contribution in [0.2, 0.25) is 0 Å². The van der Waals surface area contributed by atoms with Gasteiger partial charge in [-0.3, -0.25) is 4.68 Å². The number of hydrogen-bond acceptors (Lipinski definition) is 3. The van der Waals surface area contributed by atoms with E-state index in [1.807, 2.05) is 40.7 Å². The second-order valence-corrected chi connectivity index (χ2v) is 7.03. The summed E-state index contributed by atoms with van der Waals surface area (Å²) >= 11 is 0. The fourth-order valence-corrected chi connectivity index (χ4v) is 3.49. The molecule has 1 N–H and O–H groups in total. The van der Waals surface area contributed by atoms with Gasteiger partial charge in [0.2, 0.25) is 0 Å². The van der Waals surface area contributed by atoms with Crippen molar-refractivity contribution in [3.63, 3.8) is 0 Å². The Morgan fingerprint density at radius 3 is 2.18 bits per heavy atom. The number of nitrogens with zero attached hydrogens (tertiary/aromatic N) is 4. The normalized spacial score (nSPS) is 11.1. The molecule has 0 aliphatic heterocycles. The highest BCUT2D eigenvalue weighted by atomic mass is 15.3. The molecule has 4 aromatic rings. The minimum Gasteiger partial charge on any atom is -0.308 e. The summed E-state index contributed by atoms with van der Waals surface area (Å²) in [6.45, 7) is 5.70. The van der Waals surface area contributed by atoms with E-state index in [0.717, 1.165) is 35.7 Å². The first-order valence-electron chi connectivity index (χ1n) is 9.52. The van der Waals surface area contributed by atoms with E-state index in [0.29, 0.717) is 0 Å². The molecule has 142 valence electrons. The minimum absolute atomic E-state index is 0.741. The maximum Gasteiger partial charge on any atom is 0.0972 e. The Morgan fingerprint density at radius 2 is 1.54 bits per heavy atom. The van der Waals surface area contributed by atoms with Crippen LogP contribution in [-0.4, -0.2) is 19.6 Å². The monoisotopic (exact) mass is 371 g/mol. The molecule has 5 nitrogen and oxygen atoms in total. The highest BCUT2D eigenvalue weighted by molar-refractivity contribution is 5.63. The number of para-hydroxylation sites is 1. The molecule has 0 unspecified atom stereocenters. The fourth-order valence-electron chi connectivity index (χ4n) is 3.49. The van der Waals surface area contributed by atoms with Gasteiger partial charge in [-0.2, -0.15) is 10.2 Å². The van der Waals surface area contributed by atoms with E-state index in [2.05, 4.69) is 66.9 Å². The summed E-state index contributed by atoms with van der Waals surface area (Å²) in [4.78, 5) is 0. The van der Waals surface area contributed by atoms with Crippen molar-refractivity contribution in [1.29, 1.82) is 0 Å². The Bertz CT molecular complexity index is 1060. The van der Waals surface area contributed by atoms with Crippen LogP contribution in [0.5, 0.6) is 0 Å². The molecule has 28 heavy (non-hydrogen) atoms. The second-order valence-electron chi connectivity index (χ2n) is 7.03. The van der Waals surface area contributed by atoms with Gasteiger partial charge in [0, 0.05) is 48.7 Å². The Morgan fingerprint density at radius 1 is 0.857 bits per heavy atom. The maximum atomic E-state index is 4.88. The molecule has 4 rings (SSSR count). The molecule has 0 atom stereocenters. The summed E-state index contributed by atoms with van der Waals surface area (Å²) in [6, 6.07) is 20.6. The van der Waals surface area contributed by atoms with E-state index in [1.54, 1.807) is 0 Å². The third kappa shape index (κ3) is 3.62. The number of aromatic nitrogens is 4. The lowest BCUT2D eigenvalue weighted by atomic mass is 10.1. The summed E-state index contributed by atoms with van der Waals surface area (Å²) in [7, 11) is 1.99. The Balaban J connectivity index is 1.61. The van der Waals surface area contributed by atoms with Gasteiger partial charge in [-0.15, -0.1) is 0 Å². The lowest BCUT2D eigenvalue weighted by Crippen LogP contribution is -2.14. The molecule has 0 bridgehead atoms. The zero-order chi connectivity index (χ0) is 19.5.